The number of hydrogen-bond acceptors (Lipinski definition) is 3. The van der Waals surface area contributed by atoms with E-state index in [0.29, 0.717) is 18.5 Å². The van der Waals surface area contributed by atoms with Crippen molar-refractivity contribution >= 4 is 32.4 Å². The number of benzene rings is 3. The molecule has 0 heterocycles. The normalized spacial score (nSPS) is 15.3. The van der Waals surface area contributed by atoms with Crippen LogP contribution in [0.1, 0.15) is 32.1 Å². The molecule has 1 aliphatic carbocycles. The van der Waals surface area contributed by atoms with Gasteiger partial charge in [-0.25, -0.2) is 12.8 Å². The fourth-order valence-electron chi connectivity index (χ4n) is 4.19. The summed E-state index contributed by atoms with van der Waals surface area (Å²) in [7, 11) is -3.94. The zero-order valence-electron chi connectivity index (χ0n) is 17.1. The quantitative estimate of drug-likeness (QED) is 0.590. The minimum absolute atomic E-state index is 0.00238. The predicted molar refractivity (Wildman–Crippen MR) is 120 cm³/mol. The first-order valence-electron chi connectivity index (χ1n) is 10.5. The molecule has 1 N–H and O–H groups in total. The molecule has 0 bridgehead atoms. The summed E-state index contributed by atoms with van der Waals surface area (Å²) in [5, 5.41) is 4.76. The van der Waals surface area contributed by atoms with Gasteiger partial charge in [-0.05, 0) is 48.6 Å². The van der Waals surface area contributed by atoms with Gasteiger partial charge in [-0.15, -0.1) is 0 Å². The fourth-order valence-corrected chi connectivity index (χ4v) is 5.83. The molecule has 1 fully saturated rings. The summed E-state index contributed by atoms with van der Waals surface area (Å²) in [6.45, 7) is -0.284. The maximum Gasteiger partial charge on any atom is 0.243 e. The number of fused-ring (bicyclic) bond motifs is 1. The molecule has 1 saturated carbocycles. The Balaban J connectivity index is 1.61. The molecule has 0 saturated heterocycles. The third kappa shape index (κ3) is 4.78. The molecule has 0 radical (unpaired) electrons. The topological polar surface area (TPSA) is 66.5 Å². The molecule has 7 heteroatoms. The van der Waals surface area contributed by atoms with E-state index in [9.17, 15) is 17.6 Å². The molecule has 3 aromatic carbocycles. The van der Waals surface area contributed by atoms with Gasteiger partial charge in [-0.2, -0.15) is 4.31 Å². The molecule has 162 valence electrons. The molecule has 3 aromatic rings. The van der Waals surface area contributed by atoms with Crippen LogP contribution in [-0.2, 0) is 14.8 Å². The number of hydrogen-bond donors (Lipinski definition) is 1. The van der Waals surface area contributed by atoms with Crippen molar-refractivity contribution in [2.45, 2.75) is 43.0 Å². The zero-order chi connectivity index (χ0) is 21.8. The van der Waals surface area contributed by atoms with E-state index in [-0.39, 0.29) is 17.5 Å². The van der Waals surface area contributed by atoms with E-state index in [4.69, 9.17) is 0 Å². The Morgan fingerprint density at radius 3 is 2.35 bits per heavy atom. The Morgan fingerprint density at radius 2 is 1.61 bits per heavy atom. The molecule has 0 unspecified atom stereocenters. The summed E-state index contributed by atoms with van der Waals surface area (Å²) < 4.78 is 41.4. The molecule has 0 aliphatic heterocycles. The number of carbonyl (C=O) groups is 1. The molecule has 31 heavy (non-hydrogen) atoms. The van der Waals surface area contributed by atoms with Crippen LogP contribution in [0.15, 0.2) is 71.6 Å². The number of sulfonamides is 1. The minimum atomic E-state index is -3.94. The number of halogens is 1. The van der Waals surface area contributed by atoms with Crippen molar-refractivity contribution in [3.05, 3.63) is 72.5 Å². The predicted octanol–water partition coefficient (Wildman–Crippen LogP) is 4.94. The lowest BCUT2D eigenvalue weighted by Crippen LogP contribution is -2.45. The molecule has 4 rings (SSSR count). The van der Waals surface area contributed by atoms with E-state index in [2.05, 4.69) is 5.32 Å². The van der Waals surface area contributed by atoms with E-state index in [0.717, 1.165) is 42.2 Å². The second-order valence-electron chi connectivity index (χ2n) is 7.87. The maximum absolute atomic E-state index is 13.4. The number of carbonyl (C=O) groups excluding carboxylic acids is 1. The highest BCUT2D eigenvalue weighted by molar-refractivity contribution is 7.89. The Labute approximate surface area is 181 Å². The Bertz CT molecular complexity index is 1170. The van der Waals surface area contributed by atoms with Crippen molar-refractivity contribution in [3.63, 3.8) is 0 Å². The number of nitrogens with zero attached hydrogens (tertiary/aromatic N) is 1. The molecule has 0 aromatic heterocycles. The average molecular weight is 441 g/mol. The summed E-state index contributed by atoms with van der Waals surface area (Å²) in [6, 6.07) is 17.8. The third-order valence-electron chi connectivity index (χ3n) is 5.77. The highest BCUT2D eigenvalue weighted by Gasteiger charge is 2.34. The summed E-state index contributed by atoms with van der Waals surface area (Å²) in [4.78, 5) is 13.0. The Hall–Kier alpha value is -2.77. The third-order valence-corrected chi connectivity index (χ3v) is 7.68. The van der Waals surface area contributed by atoms with Crippen LogP contribution in [0.5, 0.6) is 0 Å². The highest BCUT2D eigenvalue weighted by atomic mass is 32.2. The second-order valence-corrected chi connectivity index (χ2v) is 9.76. The first-order chi connectivity index (χ1) is 14.9. The van der Waals surface area contributed by atoms with Crippen molar-refractivity contribution < 1.29 is 17.6 Å². The summed E-state index contributed by atoms with van der Waals surface area (Å²) in [6.07, 6.45) is 4.32. The lowest BCUT2D eigenvalue weighted by Gasteiger charge is -2.33. The SMILES string of the molecule is O=C(CN(C1CCCCC1)S(=O)(=O)c1ccc(F)cc1)Nc1cccc2ccccc12. The van der Waals surface area contributed by atoms with E-state index in [1.165, 1.54) is 16.4 Å². The van der Waals surface area contributed by atoms with Crippen LogP contribution >= 0.6 is 0 Å². The van der Waals surface area contributed by atoms with E-state index in [1.807, 2.05) is 36.4 Å². The first kappa shape index (κ1) is 21.5. The molecule has 0 atom stereocenters. The van der Waals surface area contributed by atoms with Crippen LogP contribution < -0.4 is 5.32 Å². The standard InChI is InChI=1S/C24H25FN2O3S/c25-19-13-15-21(16-14-19)31(29,30)27(20-9-2-1-3-10-20)17-24(28)26-23-12-6-8-18-7-4-5-11-22(18)23/h4-8,11-16,20H,1-3,9-10,17H2,(H,26,28). The van der Waals surface area contributed by atoms with Crippen molar-refractivity contribution in [3.8, 4) is 0 Å². The summed E-state index contributed by atoms with van der Waals surface area (Å²) in [5.74, 6) is -0.899. The van der Waals surface area contributed by atoms with Gasteiger partial charge in [0.05, 0.1) is 11.4 Å². The lowest BCUT2D eigenvalue weighted by molar-refractivity contribution is -0.116. The highest BCUT2D eigenvalue weighted by Crippen LogP contribution is 2.28. The number of rotatable bonds is 6. The van der Waals surface area contributed by atoms with Crippen LogP contribution in [0.2, 0.25) is 0 Å². The van der Waals surface area contributed by atoms with Gasteiger partial charge in [0.2, 0.25) is 15.9 Å². The fraction of sp³-hybridized carbons (Fsp3) is 0.292. The molecular formula is C24H25FN2O3S. The number of nitrogens with one attached hydrogen (secondary N) is 1. The lowest BCUT2D eigenvalue weighted by atomic mass is 9.95. The van der Waals surface area contributed by atoms with Crippen molar-refractivity contribution in [1.29, 1.82) is 0 Å². The van der Waals surface area contributed by atoms with E-state index in [1.54, 1.807) is 6.07 Å². The largest absolute Gasteiger partial charge is 0.324 e. The van der Waals surface area contributed by atoms with E-state index < -0.39 is 21.7 Å². The summed E-state index contributed by atoms with van der Waals surface area (Å²) >= 11 is 0. The van der Waals surface area contributed by atoms with Gasteiger partial charge in [0.1, 0.15) is 5.82 Å². The molecular weight excluding hydrogens is 415 g/mol. The van der Waals surface area contributed by atoms with Crippen LogP contribution in [0.4, 0.5) is 10.1 Å². The number of amides is 1. The van der Waals surface area contributed by atoms with E-state index >= 15 is 0 Å². The van der Waals surface area contributed by atoms with Gasteiger partial charge < -0.3 is 5.32 Å². The maximum atomic E-state index is 13.4. The molecule has 0 spiro atoms. The minimum Gasteiger partial charge on any atom is -0.324 e. The van der Waals surface area contributed by atoms with Gasteiger partial charge in [-0.3, -0.25) is 4.79 Å². The average Bonchev–Trinajstić information content (AvgIpc) is 2.78. The Kier molecular flexibility index (Phi) is 6.34. The monoisotopic (exact) mass is 440 g/mol. The van der Waals surface area contributed by atoms with Crippen molar-refractivity contribution in [2.75, 3.05) is 11.9 Å². The van der Waals surface area contributed by atoms with Gasteiger partial charge in [-0.1, -0.05) is 55.7 Å². The molecule has 5 nitrogen and oxygen atoms in total. The van der Waals surface area contributed by atoms with Crippen LogP contribution in [0.3, 0.4) is 0 Å². The Morgan fingerprint density at radius 1 is 0.935 bits per heavy atom. The van der Waals surface area contributed by atoms with Crippen LogP contribution in [0, 0.1) is 5.82 Å². The van der Waals surface area contributed by atoms with Crippen molar-refractivity contribution in [1.82, 2.24) is 4.31 Å². The first-order valence-corrected chi connectivity index (χ1v) is 11.9. The van der Waals surface area contributed by atoms with Crippen molar-refractivity contribution in [2.24, 2.45) is 0 Å². The zero-order valence-corrected chi connectivity index (χ0v) is 17.9. The molecule has 1 aliphatic rings. The van der Waals surface area contributed by atoms with Gasteiger partial charge in [0, 0.05) is 17.1 Å². The smallest absolute Gasteiger partial charge is 0.243 e. The second kappa shape index (κ2) is 9.16. The summed E-state index contributed by atoms with van der Waals surface area (Å²) in [5.41, 5.74) is 0.644. The van der Waals surface area contributed by atoms with Gasteiger partial charge in [0.25, 0.3) is 0 Å². The molecule has 1 amide bonds. The van der Waals surface area contributed by atoms with Crippen LogP contribution in [0.25, 0.3) is 10.8 Å². The van der Waals surface area contributed by atoms with Gasteiger partial charge >= 0.3 is 0 Å². The number of anilines is 1. The van der Waals surface area contributed by atoms with Gasteiger partial charge in [0.15, 0.2) is 0 Å². The van der Waals surface area contributed by atoms with Crippen LogP contribution in [-0.4, -0.2) is 31.2 Å².